The van der Waals surface area contributed by atoms with Crippen molar-refractivity contribution < 1.29 is 0 Å². The lowest BCUT2D eigenvalue weighted by Gasteiger charge is -1.83. The summed E-state index contributed by atoms with van der Waals surface area (Å²) in [6, 6.07) is 0. The summed E-state index contributed by atoms with van der Waals surface area (Å²) in [6.07, 6.45) is 3.52. The number of aromatic nitrogens is 1. The van der Waals surface area contributed by atoms with E-state index in [1.807, 2.05) is 0 Å². The molecule has 1 nitrogen and oxygen atoms in total. The molecular weight excluding hydrogens is 130 g/mol. The molecule has 0 saturated carbocycles. The monoisotopic (exact) mass is 137 g/mol. The van der Waals surface area contributed by atoms with Gasteiger partial charge in [-0.15, -0.1) is 11.3 Å². The minimum absolute atomic E-state index is 0.926. The molecule has 0 spiro atoms. The van der Waals surface area contributed by atoms with Crippen molar-refractivity contribution in [2.24, 2.45) is 0 Å². The van der Waals surface area contributed by atoms with Crippen molar-refractivity contribution in [2.75, 3.05) is 0 Å². The number of rotatable bonds is 2. The molecule has 0 fully saturated rings. The molecular formula is C7H7NS. The molecule has 1 rings (SSSR count). The summed E-state index contributed by atoms with van der Waals surface area (Å²) in [5.74, 6) is 0. The number of hydrogen-bond donors (Lipinski definition) is 0. The first kappa shape index (κ1) is 6.23. The lowest BCUT2D eigenvalue weighted by molar-refractivity contribution is 1.38. The van der Waals surface area contributed by atoms with Gasteiger partial charge in [0, 0.05) is 0 Å². The van der Waals surface area contributed by atoms with E-state index in [-0.39, 0.29) is 0 Å². The number of nitrogens with zero attached hydrogens (tertiary/aromatic N) is 1. The molecule has 1 aromatic heterocycles. The van der Waals surface area contributed by atoms with E-state index < -0.39 is 0 Å². The van der Waals surface area contributed by atoms with Crippen molar-refractivity contribution in [2.45, 2.75) is 0 Å². The van der Waals surface area contributed by atoms with E-state index in [0.717, 1.165) is 10.6 Å². The first-order valence-electron chi connectivity index (χ1n) is 2.57. The van der Waals surface area contributed by atoms with Crippen LogP contribution in [0.3, 0.4) is 0 Å². The first-order chi connectivity index (χ1) is 4.38. The molecule has 0 radical (unpaired) electrons. The summed E-state index contributed by atoms with van der Waals surface area (Å²) in [5.41, 5.74) is 2.71. The molecule has 1 heterocycles. The maximum Gasteiger partial charge on any atom is 0.0805 e. The molecule has 1 aromatic rings. The molecule has 46 valence electrons. The highest BCUT2D eigenvalue weighted by molar-refractivity contribution is 7.10. The Morgan fingerprint density at radius 3 is 2.67 bits per heavy atom. The van der Waals surface area contributed by atoms with E-state index >= 15 is 0 Å². The zero-order valence-electron chi connectivity index (χ0n) is 5.00. The maximum absolute atomic E-state index is 4.03. The Hall–Kier alpha value is -0.890. The van der Waals surface area contributed by atoms with Gasteiger partial charge < -0.3 is 0 Å². The van der Waals surface area contributed by atoms with E-state index in [9.17, 15) is 0 Å². The van der Waals surface area contributed by atoms with Crippen LogP contribution in [-0.2, 0) is 0 Å². The zero-order valence-corrected chi connectivity index (χ0v) is 5.82. The summed E-state index contributed by atoms with van der Waals surface area (Å²) >= 11 is 1.57. The maximum atomic E-state index is 4.03. The Kier molecular flexibility index (Phi) is 1.80. The fourth-order valence-electron chi connectivity index (χ4n) is 0.570. The molecule has 0 aliphatic heterocycles. The van der Waals surface area contributed by atoms with Gasteiger partial charge in [0.25, 0.3) is 0 Å². The summed E-state index contributed by atoms with van der Waals surface area (Å²) in [5, 5.41) is 0. The average Bonchev–Trinajstić information content (AvgIpc) is 2.33. The van der Waals surface area contributed by atoms with Crippen LogP contribution in [0.4, 0.5) is 0 Å². The number of hydrogen-bond acceptors (Lipinski definition) is 2. The van der Waals surface area contributed by atoms with E-state index in [4.69, 9.17) is 0 Å². The van der Waals surface area contributed by atoms with Gasteiger partial charge in [-0.05, 0) is 12.2 Å². The van der Waals surface area contributed by atoms with Gasteiger partial charge in [-0.25, -0.2) is 4.98 Å². The molecule has 9 heavy (non-hydrogen) atoms. The van der Waals surface area contributed by atoms with Gasteiger partial charge >= 0.3 is 0 Å². The molecule has 0 aromatic carbocycles. The average molecular weight is 137 g/mol. The fraction of sp³-hybridized carbons (Fsp3) is 0. The Labute approximate surface area is 58.4 Å². The van der Waals surface area contributed by atoms with Crippen LogP contribution in [0, 0.1) is 0 Å². The van der Waals surface area contributed by atoms with Gasteiger partial charge in [-0.2, -0.15) is 0 Å². The fourth-order valence-corrected chi connectivity index (χ4v) is 1.20. The highest BCUT2D eigenvalue weighted by atomic mass is 32.1. The van der Waals surface area contributed by atoms with E-state index in [1.165, 1.54) is 0 Å². The number of thiazole rings is 1. The summed E-state index contributed by atoms with van der Waals surface area (Å²) in [4.78, 5) is 5.12. The van der Waals surface area contributed by atoms with Gasteiger partial charge in [-0.1, -0.05) is 13.2 Å². The van der Waals surface area contributed by atoms with Crippen LogP contribution in [0.5, 0.6) is 0 Å². The molecule has 0 aliphatic rings. The predicted octanol–water partition coefficient (Wildman–Crippen LogP) is 2.43. The molecule has 2 heteroatoms. The third-order valence-corrected chi connectivity index (χ3v) is 1.84. The second-order valence-electron chi connectivity index (χ2n) is 1.51. The highest BCUT2D eigenvalue weighted by Crippen LogP contribution is 2.14. The van der Waals surface area contributed by atoms with Gasteiger partial charge in [0.2, 0.25) is 0 Å². The molecule has 0 aliphatic carbocycles. The Morgan fingerprint density at radius 2 is 2.22 bits per heavy atom. The van der Waals surface area contributed by atoms with Crippen LogP contribution < -0.4 is 0 Å². The normalized spacial score (nSPS) is 8.89. The summed E-state index contributed by atoms with van der Waals surface area (Å²) < 4.78 is 0. The van der Waals surface area contributed by atoms with Crippen molar-refractivity contribution >= 4 is 23.5 Å². The molecule has 0 bridgehead atoms. The minimum atomic E-state index is 0.926. The first-order valence-corrected chi connectivity index (χ1v) is 3.45. The van der Waals surface area contributed by atoms with Gasteiger partial charge in [0.15, 0.2) is 0 Å². The largest absolute Gasteiger partial charge is 0.245 e. The SMILES string of the molecule is C=Cc1ncsc1C=C. The van der Waals surface area contributed by atoms with Gasteiger partial charge in [0.05, 0.1) is 16.1 Å². The quantitative estimate of drug-likeness (QED) is 0.610. The van der Waals surface area contributed by atoms with Gasteiger partial charge in [-0.3, -0.25) is 0 Å². The van der Waals surface area contributed by atoms with Crippen molar-refractivity contribution in [3.63, 3.8) is 0 Å². The standard InChI is InChI=1S/C7H7NS/c1-3-6-7(4-2)9-5-8-6/h3-5H,1-2H2. The van der Waals surface area contributed by atoms with Crippen LogP contribution in [0.25, 0.3) is 12.2 Å². The van der Waals surface area contributed by atoms with Gasteiger partial charge in [0.1, 0.15) is 0 Å². The zero-order chi connectivity index (χ0) is 6.69. The van der Waals surface area contributed by atoms with E-state index in [1.54, 1.807) is 29.0 Å². The van der Waals surface area contributed by atoms with Crippen LogP contribution in [0.15, 0.2) is 18.7 Å². The van der Waals surface area contributed by atoms with Crippen LogP contribution in [0.2, 0.25) is 0 Å². The predicted molar refractivity (Wildman–Crippen MR) is 42.3 cm³/mol. The van der Waals surface area contributed by atoms with Crippen molar-refractivity contribution in [3.8, 4) is 0 Å². The third-order valence-electron chi connectivity index (χ3n) is 1.00. The molecule has 0 unspecified atom stereocenters. The third kappa shape index (κ3) is 1.08. The molecule has 0 amide bonds. The van der Waals surface area contributed by atoms with Crippen molar-refractivity contribution in [1.82, 2.24) is 4.98 Å². The van der Waals surface area contributed by atoms with Crippen LogP contribution in [-0.4, -0.2) is 4.98 Å². The van der Waals surface area contributed by atoms with E-state index in [2.05, 4.69) is 18.1 Å². The Balaban J connectivity index is 3.12. The lowest BCUT2D eigenvalue weighted by atomic mass is 10.3. The second-order valence-corrected chi connectivity index (χ2v) is 2.40. The van der Waals surface area contributed by atoms with Crippen molar-refractivity contribution in [3.05, 3.63) is 29.2 Å². The van der Waals surface area contributed by atoms with E-state index in [0.29, 0.717) is 0 Å². The Morgan fingerprint density at radius 1 is 1.44 bits per heavy atom. The van der Waals surface area contributed by atoms with Crippen molar-refractivity contribution in [1.29, 1.82) is 0 Å². The molecule has 0 atom stereocenters. The second kappa shape index (κ2) is 2.60. The lowest BCUT2D eigenvalue weighted by Crippen LogP contribution is -1.70. The minimum Gasteiger partial charge on any atom is -0.245 e. The smallest absolute Gasteiger partial charge is 0.0805 e. The molecule has 0 N–H and O–H groups in total. The topological polar surface area (TPSA) is 12.9 Å². The summed E-state index contributed by atoms with van der Waals surface area (Å²) in [6.45, 7) is 7.24. The molecule has 0 saturated heterocycles. The highest BCUT2D eigenvalue weighted by Gasteiger charge is 1.94. The Bertz CT molecular complexity index is 202. The van der Waals surface area contributed by atoms with Crippen LogP contribution in [0.1, 0.15) is 10.6 Å². The van der Waals surface area contributed by atoms with Crippen LogP contribution >= 0.6 is 11.3 Å². The summed E-state index contributed by atoms with van der Waals surface area (Å²) in [7, 11) is 0.